The molecule has 0 spiro atoms. The van der Waals surface area contributed by atoms with Gasteiger partial charge in [0.25, 0.3) is 0 Å². The normalized spacial score (nSPS) is 8.17. The minimum atomic E-state index is 0.417. The first-order valence-corrected chi connectivity index (χ1v) is 8.17. The number of hydrogen-bond donors (Lipinski definition) is 0. The van der Waals surface area contributed by atoms with Crippen molar-refractivity contribution in [2.24, 2.45) is 0 Å². The highest BCUT2D eigenvalue weighted by Gasteiger charge is 1.94. The van der Waals surface area contributed by atoms with Crippen LogP contribution in [0.5, 0.6) is 5.75 Å². The van der Waals surface area contributed by atoms with Gasteiger partial charge in [0.15, 0.2) is 0 Å². The van der Waals surface area contributed by atoms with Crippen LogP contribution in [0.2, 0.25) is 0 Å². The van der Waals surface area contributed by atoms with Crippen LogP contribution in [0.25, 0.3) is 0 Å². The smallest absolute Gasteiger partial charge is 0.134 e. The van der Waals surface area contributed by atoms with Crippen LogP contribution in [0, 0.1) is 37.0 Å². The van der Waals surface area contributed by atoms with Crippen molar-refractivity contribution in [2.75, 3.05) is 20.8 Å². The standard InChI is InChI=1S/C9H8O.C9H16.C4H6O/c1-3-8-6-4-5-7-9(8)10-2;1-3-5-7-9-8-6-4-2;1-3-4-5-2/h1,4-7H,2H3;1H,4-9H2,2H3;1H,4H2,2H3. The van der Waals surface area contributed by atoms with Gasteiger partial charge in [0.05, 0.1) is 12.7 Å². The van der Waals surface area contributed by atoms with E-state index in [1.165, 1.54) is 32.1 Å². The molecule has 0 unspecified atom stereocenters. The summed E-state index contributed by atoms with van der Waals surface area (Å²) < 4.78 is 9.45. The first-order chi connectivity index (χ1) is 11.7. The fraction of sp³-hybridized carbons (Fsp3) is 0.455. The van der Waals surface area contributed by atoms with Crippen molar-refractivity contribution in [2.45, 2.75) is 45.4 Å². The second-order valence-corrected chi connectivity index (χ2v) is 4.85. The van der Waals surface area contributed by atoms with E-state index in [0.29, 0.717) is 6.61 Å². The molecule has 1 aromatic rings. The monoisotopic (exact) mass is 326 g/mol. The summed E-state index contributed by atoms with van der Waals surface area (Å²) in [6.07, 6.45) is 22.6. The van der Waals surface area contributed by atoms with Crippen molar-refractivity contribution >= 4 is 0 Å². The highest BCUT2D eigenvalue weighted by molar-refractivity contribution is 5.44. The van der Waals surface area contributed by atoms with Crippen LogP contribution in [0.1, 0.15) is 51.0 Å². The van der Waals surface area contributed by atoms with E-state index in [0.717, 1.165) is 17.7 Å². The summed E-state index contributed by atoms with van der Waals surface area (Å²) in [5, 5.41) is 0. The van der Waals surface area contributed by atoms with Crippen molar-refractivity contribution in [3.05, 3.63) is 29.8 Å². The highest BCUT2D eigenvalue weighted by Crippen LogP contribution is 2.14. The van der Waals surface area contributed by atoms with E-state index < -0.39 is 0 Å². The number of para-hydroxylation sites is 1. The topological polar surface area (TPSA) is 18.5 Å². The molecule has 0 saturated carbocycles. The molecule has 0 radical (unpaired) electrons. The number of terminal acetylenes is 3. The second kappa shape index (κ2) is 20.7. The molecule has 0 aliphatic rings. The van der Waals surface area contributed by atoms with E-state index in [2.05, 4.69) is 29.4 Å². The first kappa shape index (κ1) is 23.9. The van der Waals surface area contributed by atoms with Crippen molar-refractivity contribution in [3.63, 3.8) is 0 Å². The van der Waals surface area contributed by atoms with Gasteiger partial charge in [-0.3, -0.25) is 0 Å². The van der Waals surface area contributed by atoms with Crippen molar-refractivity contribution < 1.29 is 9.47 Å². The van der Waals surface area contributed by atoms with E-state index in [-0.39, 0.29) is 0 Å². The fourth-order valence-corrected chi connectivity index (χ4v) is 1.68. The van der Waals surface area contributed by atoms with Crippen LogP contribution in [0.15, 0.2) is 24.3 Å². The third-order valence-electron chi connectivity index (χ3n) is 2.91. The Bertz CT molecular complexity index is 512. The minimum Gasteiger partial charge on any atom is -0.495 e. The van der Waals surface area contributed by atoms with Gasteiger partial charge in [0.2, 0.25) is 0 Å². The van der Waals surface area contributed by atoms with Crippen LogP contribution in [-0.4, -0.2) is 20.8 Å². The number of unbranched alkanes of at least 4 members (excludes halogenated alkanes) is 5. The average Bonchev–Trinajstić information content (AvgIpc) is 2.63. The molecule has 0 aliphatic carbocycles. The molecule has 0 N–H and O–H groups in total. The lowest BCUT2D eigenvalue weighted by molar-refractivity contribution is 0.240. The van der Waals surface area contributed by atoms with E-state index in [1.807, 2.05) is 24.3 Å². The van der Waals surface area contributed by atoms with E-state index >= 15 is 0 Å². The molecule has 0 saturated heterocycles. The maximum atomic E-state index is 5.20. The quantitative estimate of drug-likeness (QED) is 0.523. The maximum Gasteiger partial charge on any atom is 0.134 e. The molecule has 1 aromatic carbocycles. The molecule has 2 heteroatoms. The molecule has 0 fully saturated rings. The number of methoxy groups -OCH3 is 2. The molecule has 24 heavy (non-hydrogen) atoms. The zero-order valence-corrected chi connectivity index (χ0v) is 15.3. The molecule has 1 rings (SSSR count). The molecule has 0 atom stereocenters. The molecule has 130 valence electrons. The van der Waals surface area contributed by atoms with Crippen LogP contribution < -0.4 is 4.74 Å². The number of ether oxygens (including phenoxy) is 2. The van der Waals surface area contributed by atoms with Gasteiger partial charge in [-0.15, -0.1) is 25.2 Å². The van der Waals surface area contributed by atoms with E-state index in [9.17, 15) is 0 Å². The van der Waals surface area contributed by atoms with Gasteiger partial charge in [0.1, 0.15) is 12.4 Å². The SMILES string of the molecule is C#CCCCCCCC.C#CCOC.C#Cc1ccccc1OC. The van der Waals surface area contributed by atoms with Gasteiger partial charge in [-0.2, -0.15) is 0 Å². The average molecular weight is 326 g/mol. The zero-order chi connectivity index (χ0) is 18.5. The Morgan fingerprint density at radius 3 is 2.00 bits per heavy atom. The Hall–Kier alpha value is -2.34. The van der Waals surface area contributed by atoms with Crippen LogP contribution in [0.3, 0.4) is 0 Å². The second-order valence-electron chi connectivity index (χ2n) is 4.85. The Labute approximate surface area is 149 Å². The Morgan fingerprint density at radius 1 is 0.917 bits per heavy atom. The predicted molar refractivity (Wildman–Crippen MR) is 104 cm³/mol. The van der Waals surface area contributed by atoms with Gasteiger partial charge in [-0.25, -0.2) is 0 Å². The predicted octanol–water partition coefficient (Wildman–Crippen LogP) is 4.92. The lowest BCUT2D eigenvalue weighted by Gasteiger charge is -1.99. The van der Waals surface area contributed by atoms with Crippen LogP contribution >= 0.6 is 0 Å². The van der Waals surface area contributed by atoms with Crippen molar-refractivity contribution in [1.29, 1.82) is 0 Å². The molecule has 0 aliphatic heterocycles. The third-order valence-corrected chi connectivity index (χ3v) is 2.91. The van der Waals surface area contributed by atoms with E-state index in [1.54, 1.807) is 14.2 Å². The summed E-state index contributed by atoms with van der Waals surface area (Å²) in [5.41, 5.74) is 0.796. The maximum absolute atomic E-state index is 5.20. The first-order valence-electron chi connectivity index (χ1n) is 8.17. The Kier molecular flexibility index (Phi) is 20.6. The van der Waals surface area contributed by atoms with Gasteiger partial charge in [-0.1, -0.05) is 56.6 Å². The summed E-state index contributed by atoms with van der Waals surface area (Å²) >= 11 is 0. The van der Waals surface area contributed by atoms with Gasteiger partial charge >= 0.3 is 0 Å². The van der Waals surface area contributed by atoms with Gasteiger partial charge in [0, 0.05) is 13.5 Å². The van der Waals surface area contributed by atoms with E-state index in [4.69, 9.17) is 24.0 Å². The number of rotatable bonds is 7. The van der Waals surface area contributed by atoms with Gasteiger partial charge < -0.3 is 9.47 Å². The van der Waals surface area contributed by atoms with Gasteiger partial charge in [-0.05, 0) is 18.6 Å². The zero-order valence-electron chi connectivity index (χ0n) is 15.3. The summed E-state index contributed by atoms with van der Waals surface area (Å²) in [5.74, 6) is 8.22. The molecule has 0 amide bonds. The molecule has 0 aromatic heterocycles. The highest BCUT2D eigenvalue weighted by atomic mass is 16.5. The molecule has 0 heterocycles. The van der Waals surface area contributed by atoms with Crippen LogP contribution in [0.4, 0.5) is 0 Å². The van der Waals surface area contributed by atoms with Crippen molar-refractivity contribution in [1.82, 2.24) is 0 Å². The summed E-state index contributed by atoms with van der Waals surface area (Å²) in [6, 6.07) is 7.46. The lowest BCUT2D eigenvalue weighted by Crippen LogP contribution is -1.85. The van der Waals surface area contributed by atoms with Crippen molar-refractivity contribution in [3.8, 4) is 42.8 Å². The lowest BCUT2D eigenvalue weighted by atomic mass is 10.1. The number of hydrogen-bond acceptors (Lipinski definition) is 2. The molecular weight excluding hydrogens is 296 g/mol. The largest absolute Gasteiger partial charge is 0.495 e. The molecular formula is C22H30O2. The summed E-state index contributed by atoms with van der Waals surface area (Å²) in [6.45, 7) is 2.64. The third kappa shape index (κ3) is 16.0. The molecule has 0 bridgehead atoms. The Balaban J connectivity index is 0. The summed E-state index contributed by atoms with van der Waals surface area (Å²) in [7, 11) is 3.18. The minimum absolute atomic E-state index is 0.417. The summed E-state index contributed by atoms with van der Waals surface area (Å²) in [4.78, 5) is 0. The molecule has 2 nitrogen and oxygen atoms in total. The number of benzene rings is 1. The fourth-order valence-electron chi connectivity index (χ4n) is 1.68. The van der Waals surface area contributed by atoms with Crippen LogP contribution in [-0.2, 0) is 4.74 Å². The Morgan fingerprint density at radius 2 is 1.58 bits per heavy atom.